The molecule has 0 amide bonds. The van der Waals surface area contributed by atoms with E-state index in [1.165, 1.54) is 62.0 Å². The van der Waals surface area contributed by atoms with E-state index in [1.54, 1.807) is 0 Å². The van der Waals surface area contributed by atoms with Crippen LogP contribution in [0.15, 0.2) is 12.1 Å². The zero-order valence-electron chi connectivity index (χ0n) is 11.6. The molecule has 1 aliphatic heterocycles. The molecule has 0 bridgehead atoms. The summed E-state index contributed by atoms with van der Waals surface area (Å²) in [4.78, 5) is 2.52. The molecule has 1 saturated carbocycles. The minimum atomic E-state index is 0.643. The van der Waals surface area contributed by atoms with Crippen molar-refractivity contribution >= 4 is 11.4 Å². The van der Waals surface area contributed by atoms with Gasteiger partial charge in [-0.1, -0.05) is 25.3 Å². The molecule has 98 valence electrons. The van der Waals surface area contributed by atoms with E-state index in [9.17, 15) is 0 Å². The van der Waals surface area contributed by atoms with Crippen LogP contribution in [0.5, 0.6) is 0 Å². The van der Waals surface area contributed by atoms with Crippen LogP contribution in [0.3, 0.4) is 0 Å². The van der Waals surface area contributed by atoms with Crippen molar-refractivity contribution in [2.24, 2.45) is 5.41 Å². The highest BCUT2D eigenvalue weighted by atomic mass is 15.2. The summed E-state index contributed by atoms with van der Waals surface area (Å²) in [6, 6.07) is 4.39. The normalized spacial score (nSPS) is 22.0. The van der Waals surface area contributed by atoms with E-state index in [2.05, 4.69) is 30.9 Å². The largest absolute Gasteiger partial charge is 0.398 e. The first kappa shape index (κ1) is 11.9. The van der Waals surface area contributed by atoms with Crippen molar-refractivity contribution in [2.75, 3.05) is 23.7 Å². The monoisotopic (exact) mass is 244 g/mol. The first-order valence-corrected chi connectivity index (χ1v) is 7.21. The number of nitrogens with two attached hydrogens (primary N) is 1. The molecule has 1 spiro atoms. The quantitative estimate of drug-likeness (QED) is 0.764. The first-order valence-electron chi connectivity index (χ1n) is 7.21. The molecule has 0 atom stereocenters. The van der Waals surface area contributed by atoms with Gasteiger partial charge in [-0.05, 0) is 43.9 Å². The fraction of sp³-hybridized carbons (Fsp3) is 0.625. The van der Waals surface area contributed by atoms with Crippen molar-refractivity contribution in [2.45, 2.75) is 46.0 Å². The number of anilines is 2. The molecule has 0 radical (unpaired) electrons. The minimum absolute atomic E-state index is 0.643. The molecule has 2 nitrogen and oxygen atoms in total. The van der Waals surface area contributed by atoms with Gasteiger partial charge in [-0.2, -0.15) is 0 Å². The van der Waals surface area contributed by atoms with E-state index < -0.39 is 0 Å². The third-order valence-corrected chi connectivity index (χ3v) is 4.89. The van der Waals surface area contributed by atoms with Gasteiger partial charge in [-0.3, -0.25) is 0 Å². The molecule has 1 aliphatic carbocycles. The number of benzene rings is 1. The van der Waals surface area contributed by atoms with E-state index in [0.717, 1.165) is 5.69 Å². The molecular formula is C16H24N2. The highest BCUT2D eigenvalue weighted by molar-refractivity contribution is 5.65. The topological polar surface area (TPSA) is 29.3 Å². The van der Waals surface area contributed by atoms with Gasteiger partial charge in [-0.15, -0.1) is 0 Å². The van der Waals surface area contributed by atoms with Crippen molar-refractivity contribution in [3.63, 3.8) is 0 Å². The summed E-state index contributed by atoms with van der Waals surface area (Å²) in [7, 11) is 0. The Kier molecular flexibility index (Phi) is 2.76. The Morgan fingerprint density at radius 3 is 2.33 bits per heavy atom. The zero-order valence-corrected chi connectivity index (χ0v) is 11.6. The molecular weight excluding hydrogens is 220 g/mol. The molecule has 18 heavy (non-hydrogen) atoms. The molecule has 0 unspecified atom stereocenters. The lowest BCUT2D eigenvalue weighted by molar-refractivity contribution is 0.139. The van der Waals surface area contributed by atoms with Crippen LogP contribution < -0.4 is 10.6 Å². The number of nitrogen functional groups attached to an aromatic ring is 1. The van der Waals surface area contributed by atoms with Gasteiger partial charge >= 0.3 is 0 Å². The summed E-state index contributed by atoms with van der Waals surface area (Å²) in [6.07, 6.45) is 7.18. The first-order chi connectivity index (χ1) is 8.60. The Morgan fingerprint density at radius 1 is 1.00 bits per heavy atom. The predicted molar refractivity (Wildman–Crippen MR) is 78.1 cm³/mol. The SMILES string of the molecule is Cc1cc(C)c(N2CC3(CCCCC3)C2)cc1N. The van der Waals surface area contributed by atoms with Gasteiger partial charge in [0, 0.05) is 29.9 Å². The van der Waals surface area contributed by atoms with Gasteiger partial charge in [-0.25, -0.2) is 0 Å². The number of nitrogens with zero attached hydrogens (tertiary/aromatic N) is 1. The second-order valence-corrected chi connectivity index (χ2v) is 6.41. The second-order valence-electron chi connectivity index (χ2n) is 6.41. The molecule has 1 aromatic rings. The molecule has 2 N–H and O–H groups in total. The van der Waals surface area contributed by atoms with Gasteiger partial charge in [0.2, 0.25) is 0 Å². The van der Waals surface area contributed by atoms with E-state index in [1.807, 2.05) is 0 Å². The van der Waals surface area contributed by atoms with Crippen LogP contribution in [0, 0.1) is 19.3 Å². The lowest BCUT2D eigenvalue weighted by Gasteiger charge is -2.54. The Balaban J connectivity index is 1.76. The van der Waals surface area contributed by atoms with Crippen molar-refractivity contribution in [1.29, 1.82) is 0 Å². The maximum atomic E-state index is 6.05. The Morgan fingerprint density at radius 2 is 1.67 bits per heavy atom. The average Bonchev–Trinajstić information content (AvgIpc) is 2.32. The highest BCUT2D eigenvalue weighted by Crippen LogP contribution is 2.46. The standard InChI is InChI=1S/C16H24N2/c1-12-8-13(2)15(9-14(12)17)18-10-16(11-18)6-4-3-5-7-16/h8-9H,3-7,10-11,17H2,1-2H3. The Hall–Kier alpha value is -1.18. The summed E-state index contributed by atoms with van der Waals surface area (Å²) in [5, 5.41) is 0. The third-order valence-electron chi connectivity index (χ3n) is 4.89. The Labute approximate surface area is 110 Å². The second kappa shape index (κ2) is 4.18. The predicted octanol–water partition coefficient (Wildman–Crippen LogP) is 3.66. The Bertz CT molecular complexity index is 450. The summed E-state index contributed by atoms with van der Waals surface area (Å²) in [6.45, 7) is 6.78. The van der Waals surface area contributed by atoms with Crippen molar-refractivity contribution < 1.29 is 0 Å². The van der Waals surface area contributed by atoms with Crippen LogP contribution in [-0.2, 0) is 0 Å². The maximum Gasteiger partial charge on any atom is 0.0417 e. The number of rotatable bonds is 1. The van der Waals surface area contributed by atoms with Crippen LogP contribution in [0.2, 0.25) is 0 Å². The lowest BCUT2D eigenvalue weighted by atomic mass is 9.68. The molecule has 2 fully saturated rings. The van der Waals surface area contributed by atoms with Crippen molar-refractivity contribution in [3.05, 3.63) is 23.3 Å². The highest BCUT2D eigenvalue weighted by Gasteiger charge is 2.43. The number of aryl methyl sites for hydroxylation is 2. The van der Waals surface area contributed by atoms with Crippen molar-refractivity contribution in [1.82, 2.24) is 0 Å². The van der Waals surface area contributed by atoms with Gasteiger partial charge in [0.15, 0.2) is 0 Å². The number of hydrogen-bond acceptors (Lipinski definition) is 2. The zero-order chi connectivity index (χ0) is 12.8. The molecule has 1 aromatic carbocycles. The van der Waals surface area contributed by atoms with Gasteiger partial charge in [0.1, 0.15) is 0 Å². The third kappa shape index (κ3) is 1.88. The van der Waals surface area contributed by atoms with Gasteiger partial charge in [0.05, 0.1) is 0 Å². The van der Waals surface area contributed by atoms with Gasteiger partial charge in [0.25, 0.3) is 0 Å². The van der Waals surface area contributed by atoms with Crippen LogP contribution in [0.25, 0.3) is 0 Å². The van der Waals surface area contributed by atoms with E-state index in [0.29, 0.717) is 5.41 Å². The summed E-state index contributed by atoms with van der Waals surface area (Å²) in [5.41, 5.74) is 11.5. The fourth-order valence-electron chi connectivity index (χ4n) is 3.75. The van der Waals surface area contributed by atoms with Crippen LogP contribution in [0.4, 0.5) is 11.4 Å². The smallest absolute Gasteiger partial charge is 0.0417 e. The minimum Gasteiger partial charge on any atom is -0.398 e. The van der Waals surface area contributed by atoms with E-state index >= 15 is 0 Å². The maximum absolute atomic E-state index is 6.05. The molecule has 3 rings (SSSR count). The van der Waals surface area contributed by atoms with Crippen LogP contribution >= 0.6 is 0 Å². The average molecular weight is 244 g/mol. The molecule has 2 heteroatoms. The van der Waals surface area contributed by atoms with Crippen LogP contribution in [-0.4, -0.2) is 13.1 Å². The van der Waals surface area contributed by atoms with Crippen molar-refractivity contribution in [3.8, 4) is 0 Å². The summed E-state index contributed by atoms with van der Waals surface area (Å²) in [5.74, 6) is 0. The van der Waals surface area contributed by atoms with E-state index in [-0.39, 0.29) is 0 Å². The summed E-state index contributed by atoms with van der Waals surface area (Å²) >= 11 is 0. The molecule has 1 saturated heterocycles. The van der Waals surface area contributed by atoms with Gasteiger partial charge < -0.3 is 10.6 Å². The lowest BCUT2D eigenvalue weighted by Crippen LogP contribution is -2.57. The number of hydrogen-bond donors (Lipinski definition) is 1. The van der Waals surface area contributed by atoms with E-state index in [4.69, 9.17) is 5.73 Å². The molecule has 0 aromatic heterocycles. The molecule has 1 heterocycles. The van der Waals surface area contributed by atoms with Crippen LogP contribution in [0.1, 0.15) is 43.2 Å². The molecule has 2 aliphatic rings. The summed E-state index contributed by atoms with van der Waals surface area (Å²) < 4.78 is 0. The fourth-order valence-corrected chi connectivity index (χ4v) is 3.75.